The molecule has 1 unspecified atom stereocenters. The van der Waals surface area contributed by atoms with Gasteiger partial charge in [-0.15, -0.1) is 0 Å². The van der Waals surface area contributed by atoms with Crippen LogP contribution < -0.4 is 21.1 Å². The molecule has 5 aromatic rings. The number of aromatic nitrogens is 4. The molecule has 2 aromatic carbocycles. The van der Waals surface area contributed by atoms with E-state index in [1.807, 2.05) is 69.0 Å². The number of benzene rings is 2. The lowest BCUT2D eigenvalue weighted by Gasteiger charge is -2.37. The molecule has 318 valence electrons. The van der Waals surface area contributed by atoms with E-state index in [0.717, 1.165) is 77.9 Å². The number of piperidine rings is 2. The van der Waals surface area contributed by atoms with E-state index in [1.165, 1.54) is 4.90 Å². The smallest absolute Gasteiger partial charge is 0.255 e. The number of anilines is 1. The van der Waals surface area contributed by atoms with Crippen molar-refractivity contribution in [3.8, 4) is 11.1 Å². The number of nitrogens with zero attached hydrogens (tertiary/aromatic N) is 6. The Hall–Kier alpha value is -6.22. The molecular formula is C46H52FN9O5. The number of H-pyrrole nitrogens is 1. The molecule has 3 N–H and O–H groups in total. The summed E-state index contributed by atoms with van der Waals surface area (Å²) in [5.41, 5.74) is 6.14. The molecule has 3 aliphatic heterocycles. The third-order valence-corrected chi connectivity index (χ3v) is 12.4. The van der Waals surface area contributed by atoms with E-state index >= 15 is 4.39 Å². The first kappa shape index (κ1) is 41.5. The molecule has 2 fully saturated rings. The van der Waals surface area contributed by atoms with Gasteiger partial charge in [-0.05, 0) is 101 Å². The SMILES string of the molecule is CCCc1cc(C)[nH]c(=O)c1CNC(=O)c1cc(-c2ccc(N3CCC(N(C)Cc4ccc5c(c4F)CN(C4CCC(=O)NC4=O)C5=O)CC3)nc2)cc2c1cnn2C(C)C. The zero-order valence-corrected chi connectivity index (χ0v) is 35.3. The van der Waals surface area contributed by atoms with Crippen LogP contribution in [0.4, 0.5) is 10.2 Å². The zero-order chi connectivity index (χ0) is 43.1. The molecule has 0 aliphatic carbocycles. The van der Waals surface area contributed by atoms with Crippen molar-refractivity contribution in [3.05, 3.63) is 110 Å². The summed E-state index contributed by atoms with van der Waals surface area (Å²) in [5.74, 6) is -1.14. The van der Waals surface area contributed by atoms with Crippen molar-refractivity contribution in [2.45, 2.75) is 104 Å². The van der Waals surface area contributed by atoms with Gasteiger partial charge in [0.2, 0.25) is 11.8 Å². The van der Waals surface area contributed by atoms with Gasteiger partial charge in [0.15, 0.2) is 0 Å². The third kappa shape index (κ3) is 8.18. The normalized spacial score (nSPS) is 17.2. The van der Waals surface area contributed by atoms with Gasteiger partial charge >= 0.3 is 0 Å². The minimum Gasteiger partial charge on any atom is -0.357 e. The minimum absolute atomic E-state index is 0.000532. The van der Waals surface area contributed by atoms with Crippen molar-refractivity contribution in [3.63, 3.8) is 0 Å². The van der Waals surface area contributed by atoms with Crippen LogP contribution in [0.25, 0.3) is 22.0 Å². The number of fused-ring (bicyclic) bond motifs is 2. The molecule has 6 heterocycles. The van der Waals surface area contributed by atoms with Gasteiger partial charge in [-0.1, -0.05) is 19.4 Å². The monoisotopic (exact) mass is 829 g/mol. The number of rotatable bonds is 12. The molecule has 3 aliphatic rings. The standard InChI is InChI=1S/C46H52FN9O5/c1-6-7-28-18-27(4)51-44(59)35(28)22-49-43(58)34-19-31(20-39-36(34)23-50-56(39)26(2)3)29-9-12-40(48-21-29)54-16-14-32(15-17-54)53(5)24-30-8-10-33-37(42(30)47)25-55(46(33)61)38-11-13-41(57)52-45(38)60/h8-10,12,18-21,23,26,32,38H,6-7,11,13-17,22,24-25H2,1-5H3,(H,49,58)(H,51,59)(H,52,57,60). The van der Waals surface area contributed by atoms with Crippen molar-refractivity contribution < 1.29 is 23.6 Å². The van der Waals surface area contributed by atoms with Crippen LogP contribution in [-0.2, 0) is 35.6 Å². The Bertz CT molecular complexity index is 2590. The Labute approximate surface area is 353 Å². The van der Waals surface area contributed by atoms with Gasteiger partial charge in [0.25, 0.3) is 17.4 Å². The highest BCUT2D eigenvalue weighted by molar-refractivity contribution is 6.08. The second kappa shape index (κ2) is 17.0. The number of pyridine rings is 2. The molecule has 2 saturated heterocycles. The fourth-order valence-electron chi connectivity index (χ4n) is 9.10. The molecule has 0 saturated carbocycles. The Kier molecular flexibility index (Phi) is 11.6. The molecule has 15 heteroatoms. The van der Waals surface area contributed by atoms with Crippen LogP contribution in [0.5, 0.6) is 0 Å². The molecule has 0 radical (unpaired) electrons. The highest BCUT2D eigenvalue weighted by Crippen LogP contribution is 2.33. The first-order valence-electron chi connectivity index (χ1n) is 21.2. The van der Waals surface area contributed by atoms with E-state index in [2.05, 4.69) is 37.4 Å². The predicted molar refractivity (Wildman–Crippen MR) is 229 cm³/mol. The van der Waals surface area contributed by atoms with Gasteiger partial charge < -0.3 is 20.1 Å². The molecular weight excluding hydrogens is 778 g/mol. The Morgan fingerprint density at radius 3 is 2.49 bits per heavy atom. The molecule has 14 nitrogen and oxygen atoms in total. The summed E-state index contributed by atoms with van der Waals surface area (Å²) in [6.07, 6.45) is 7.23. The molecule has 1 atom stereocenters. The lowest BCUT2D eigenvalue weighted by Crippen LogP contribution is -2.52. The maximum absolute atomic E-state index is 15.9. The van der Waals surface area contributed by atoms with E-state index < -0.39 is 17.8 Å². The number of halogens is 1. The van der Waals surface area contributed by atoms with E-state index in [0.29, 0.717) is 28.8 Å². The van der Waals surface area contributed by atoms with Gasteiger partial charge in [0.1, 0.15) is 17.7 Å². The molecule has 61 heavy (non-hydrogen) atoms. The van der Waals surface area contributed by atoms with E-state index in [1.54, 1.807) is 18.3 Å². The van der Waals surface area contributed by atoms with Crippen molar-refractivity contribution >= 4 is 40.3 Å². The topological polar surface area (TPSA) is 166 Å². The average Bonchev–Trinajstić information content (AvgIpc) is 3.83. The highest BCUT2D eigenvalue weighted by Gasteiger charge is 2.40. The van der Waals surface area contributed by atoms with Crippen LogP contribution in [-0.4, -0.2) is 85.4 Å². The number of aromatic amines is 1. The Morgan fingerprint density at radius 2 is 1.79 bits per heavy atom. The maximum Gasteiger partial charge on any atom is 0.255 e. The van der Waals surface area contributed by atoms with E-state index in [-0.39, 0.29) is 66.9 Å². The number of hydrogen-bond donors (Lipinski definition) is 3. The van der Waals surface area contributed by atoms with Crippen LogP contribution in [0, 0.1) is 12.7 Å². The van der Waals surface area contributed by atoms with Crippen LogP contribution in [0.15, 0.2) is 59.7 Å². The lowest BCUT2D eigenvalue weighted by atomic mass is 9.99. The Balaban J connectivity index is 0.928. The summed E-state index contributed by atoms with van der Waals surface area (Å²) >= 11 is 0. The molecule has 0 spiro atoms. The highest BCUT2D eigenvalue weighted by atomic mass is 19.1. The lowest BCUT2D eigenvalue weighted by molar-refractivity contribution is -0.136. The first-order valence-corrected chi connectivity index (χ1v) is 21.2. The number of amides is 4. The number of hydrogen-bond acceptors (Lipinski definition) is 9. The number of aryl methyl sites for hydroxylation is 2. The van der Waals surface area contributed by atoms with Crippen LogP contribution >= 0.6 is 0 Å². The summed E-state index contributed by atoms with van der Waals surface area (Å²) in [4.78, 5) is 77.6. The molecule has 8 rings (SSSR count). The van der Waals surface area contributed by atoms with Crippen molar-refractivity contribution in [1.29, 1.82) is 0 Å². The van der Waals surface area contributed by atoms with Crippen molar-refractivity contribution in [2.24, 2.45) is 0 Å². The number of nitrogens with one attached hydrogen (secondary N) is 3. The maximum atomic E-state index is 15.9. The fraction of sp³-hybridized carbons (Fsp3) is 0.413. The second-order valence-electron chi connectivity index (χ2n) is 16.9. The predicted octanol–water partition coefficient (Wildman–Crippen LogP) is 5.56. The summed E-state index contributed by atoms with van der Waals surface area (Å²) in [5, 5.41) is 10.6. The quantitative estimate of drug-likeness (QED) is 0.137. The van der Waals surface area contributed by atoms with Crippen LogP contribution in [0.1, 0.15) is 108 Å². The van der Waals surface area contributed by atoms with Crippen LogP contribution in [0.3, 0.4) is 0 Å². The third-order valence-electron chi connectivity index (χ3n) is 12.4. The van der Waals surface area contributed by atoms with Crippen molar-refractivity contribution in [1.82, 2.24) is 40.2 Å². The molecule has 4 amide bonds. The summed E-state index contributed by atoms with van der Waals surface area (Å²) in [6, 6.07) is 12.7. The summed E-state index contributed by atoms with van der Waals surface area (Å²) in [6.45, 7) is 10.0. The first-order chi connectivity index (χ1) is 29.3. The zero-order valence-electron chi connectivity index (χ0n) is 35.3. The molecule has 3 aromatic heterocycles. The van der Waals surface area contributed by atoms with E-state index in [9.17, 15) is 24.0 Å². The average molecular weight is 830 g/mol. The number of carbonyl (C=O) groups is 4. The van der Waals surface area contributed by atoms with E-state index in [4.69, 9.17) is 4.98 Å². The van der Waals surface area contributed by atoms with Gasteiger partial charge in [0, 0.05) is 89.8 Å². The number of imide groups is 1. The van der Waals surface area contributed by atoms with Gasteiger partial charge in [-0.3, -0.25) is 38.9 Å². The number of carbonyl (C=O) groups excluding carboxylic acids is 4. The summed E-state index contributed by atoms with van der Waals surface area (Å²) < 4.78 is 17.8. The van der Waals surface area contributed by atoms with Gasteiger partial charge in [-0.2, -0.15) is 5.10 Å². The summed E-state index contributed by atoms with van der Waals surface area (Å²) in [7, 11) is 1.99. The Morgan fingerprint density at radius 1 is 1.00 bits per heavy atom. The van der Waals surface area contributed by atoms with Gasteiger partial charge in [-0.25, -0.2) is 9.37 Å². The second-order valence-corrected chi connectivity index (χ2v) is 16.9. The molecule has 0 bridgehead atoms. The minimum atomic E-state index is -0.793. The van der Waals surface area contributed by atoms with Crippen LogP contribution in [0.2, 0.25) is 0 Å². The van der Waals surface area contributed by atoms with Crippen molar-refractivity contribution in [2.75, 3.05) is 25.0 Å². The largest absolute Gasteiger partial charge is 0.357 e. The van der Waals surface area contributed by atoms with Gasteiger partial charge in [0.05, 0.1) is 23.8 Å². The fourth-order valence-corrected chi connectivity index (χ4v) is 9.10.